The van der Waals surface area contributed by atoms with Crippen LogP contribution in [0.15, 0.2) is 29.4 Å². The number of carbonyl (C=O) groups is 1. The van der Waals surface area contributed by atoms with Gasteiger partial charge in [-0.05, 0) is 38.7 Å². The molecule has 12 heteroatoms. The molecule has 0 aliphatic carbocycles. The van der Waals surface area contributed by atoms with E-state index in [2.05, 4.69) is 15.4 Å². The van der Waals surface area contributed by atoms with Crippen LogP contribution < -0.4 is 5.32 Å². The fourth-order valence-corrected chi connectivity index (χ4v) is 5.66. The second kappa shape index (κ2) is 8.48. The molecule has 8 nitrogen and oxygen atoms in total. The predicted octanol–water partition coefficient (Wildman–Crippen LogP) is 3.39. The summed E-state index contributed by atoms with van der Waals surface area (Å²) >= 11 is 0. The summed E-state index contributed by atoms with van der Waals surface area (Å²) in [6, 6.07) is 3.06. The number of rotatable bonds is 5. The zero-order valence-electron chi connectivity index (χ0n) is 17.3. The number of carbonyl (C=O) groups excluding carboxylic acids is 1. The molecular weight excluding hydrogens is 435 g/mol. The normalized spacial score (nSPS) is 16.0. The van der Waals surface area contributed by atoms with Gasteiger partial charge in [0.25, 0.3) is 6.43 Å². The lowest BCUT2D eigenvalue weighted by Gasteiger charge is -2.40. The van der Waals surface area contributed by atoms with Crippen molar-refractivity contribution in [2.75, 3.05) is 18.4 Å². The number of likely N-dealkylation sites (tertiary alicyclic amines) is 1. The van der Waals surface area contributed by atoms with Crippen LogP contribution >= 0.6 is 0 Å². The molecule has 0 unspecified atom stereocenters. The molecule has 3 heterocycles. The molecule has 2 aromatic rings. The Kier molecular flexibility index (Phi) is 6.30. The average Bonchev–Trinajstić information content (AvgIpc) is 3.11. The number of alkyl halides is 2. The SMILES string of the molecule is Cn1nc(C(F)F)cc1S(=O)(=O)C(C)(C)C1CCN(C(=O)Nc2ccnc(F)c2)CC1. The first-order valence-corrected chi connectivity index (χ1v) is 11.2. The van der Waals surface area contributed by atoms with Crippen LogP contribution in [0.2, 0.25) is 0 Å². The Morgan fingerprint density at radius 1 is 1.26 bits per heavy atom. The molecule has 0 atom stereocenters. The van der Waals surface area contributed by atoms with Gasteiger partial charge >= 0.3 is 6.03 Å². The lowest BCUT2D eigenvalue weighted by molar-refractivity contribution is 0.145. The number of nitrogens with zero attached hydrogens (tertiary/aromatic N) is 4. The number of aryl methyl sites for hydroxylation is 1. The van der Waals surface area contributed by atoms with E-state index in [0.29, 0.717) is 25.9 Å². The Balaban J connectivity index is 1.69. The van der Waals surface area contributed by atoms with Crippen molar-refractivity contribution in [2.45, 2.75) is 42.9 Å². The molecule has 0 aromatic carbocycles. The van der Waals surface area contributed by atoms with Crippen molar-refractivity contribution in [2.24, 2.45) is 13.0 Å². The third kappa shape index (κ3) is 4.53. The van der Waals surface area contributed by atoms with E-state index in [9.17, 15) is 26.4 Å². The van der Waals surface area contributed by atoms with Crippen LogP contribution in [0.5, 0.6) is 0 Å². The van der Waals surface area contributed by atoms with E-state index in [4.69, 9.17) is 0 Å². The summed E-state index contributed by atoms with van der Waals surface area (Å²) in [5, 5.41) is 5.94. The van der Waals surface area contributed by atoms with E-state index in [1.165, 1.54) is 24.2 Å². The highest BCUT2D eigenvalue weighted by Gasteiger charge is 2.45. The molecule has 3 rings (SSSR count). The maximum atomic E-state index is 13.3. The third-order valence-electron chi connectivity index (χ3n) is 5.79. The summed E-state index contributed by atoms with van der Waals surface area (Å²) in [4.78, 5) is 17.4. The maximum absolute atomic E-state index is 13.3. The number of amides is 2. The van der Waals surface area contributed by atoms with Crippen molar-refractivity contribution in [3.63, 3.8) is 0 Å². The fourth-order valence-electron chi connectivity index (χ4n) is 3.78. The van der Waals surface area contributed by atoms with Gasteiger partial charge in [-0.1, -0.05) is 0 Å². The van der Waals surface area contributed by atoms with Gasteiger partial charge in [0.1, 0.15) is 5.69 Å². The number of hydrogen-bond donors (Lipinski definition) is 1. The Hall–Kier alpha value is -2.63. The number of anilines is 1. The quantitative estimate of drug-likeness (QED) is 0.692. The molecule has 0 bridgehead atoms. The van der Waals surface area contributed by atoms with Gasteiger partial charge in [0.05, 0.1) is 4.75 Å². The Morgan fingerprint density at radius 2 is 1.90 bits per heavy atom. The van der Waals surface area contributed by atoms with Crippen molar-refractivity contribution in [1.82, 2.24) is 19.7 Å². The van der Waals surface area contributed by atoms with Gasteiger partial charge in [-0.2, -0.15) is 9.49 Å². The molecule has 2 amide bonds. The van der Waals surface area contributed by atoms with Crippen molar-refractivity contribution >= 4 is 21.6 Å². The van der Waals surface area contributed by atoms with Gasteiger partial charge in [0, 0.05) is 44.2 Å². The van der Waals surface area contributed by atoms with E-state index in [1.807, 2.05) is 0 Å². The number of pyridine rings is 1. The van der Waals surface area contributed by atoms with E-state index in [1.54, 1.807) is 13.8 Å². The molecular formula is C19H24F3N5O3S. The average molecular weight is 459 g/mol. The van der Waals surface area contributed by atoms with Crippen molar-refractivity contribution in [3.8, 4) is 0 Å². The fraction of sp³-hybridized carbons (Fsp3) is 0.526. The van der Waals surface area contributed by atoms with Crippen LogP contribution in [-0.2, 0) is 16.9 Å². The molecule has 31 heavy (non-hydrogen) atoms. The summed E-state index contributed by atoms with van der Waals surface area (Å²) in [7, 11) is -2.65. The van der Waals surface area contributed by atoms with Crippen LogP contribution in [-0.4, -0.2) is 51.9 Å². The third-order valence-corrected chi connectivity index (χ3v) is 8.44. The number of aromatic nitrogens is 3. The second-order valence-corrected chi connectivity index (χ2v) is 10.5. The standard InChI is InChI=1S/C19H24F3N5O3S/c1-19(2,31(29,30)16-11-14(17(21)22)25-26(16)3)12-5-8-27(9-6-12)18(28)24-13-4-7-23-15(20)10-13/h4,7,10-12,17H,5-6,8-9H2,1-3H3,(H,23,24,28). The van der Waals surface area contributed by atoms with Gasteiger partial charge in [-0.3, -0.25) is 4.68 Å². The van der Waals surface area contributed by atoms with Crippen LogP contribution in [0.25, 0.3) is 0 Å². The number of piperidine rings is 1. The number of sulfone groups is 1. The van der Waals surface area contributed by atoms with E-state index in [-0.39, 0.29) is 16.6 Å². The number of halogens is 3. The lowest BCUT2D eigenvalue weighted by atomic mass is 9.86. The number of nitrogens with one attached hydrogen (secondary N) is 1. The van der Waals surface area contributed by atoms with Crippen LogP contribution in [0.4, 0.5) is 23.7 Å². The first-order chi connectivity index (χ1) is 14.4. The monoisotopic (exact) mass is 459 g/mol. The van der Waals surface area contributed by atoms with E-state index < -0.39 is 38.7 Å². The topological polar surface area (TPSA) is 97.2 Å². The Morgan fingerprint density at radius 3 is 2.45 bits per heavy atom. The van der Waals surface area contributed by atoms with Crippen molar-refractivity contribution in [3.05, 3.63) is 36.0 Å². The lowest BCUT2D eigenvalue weighted by Crippen LogP contribution is -2.48. The Bertz CT molecular complexity index is 1060. The summed E-state index contributed by atoms with van der Waals surface area (Å²) in [6.07, 6.45) is -0.815. The summed E-state index contributed by atoms with van der Waals surface area (Å²) in [5.41, 5.74) is -0.315. The number of urea groups is 1. The molecule has 0 spiro atoms. The predicted molar refractivity (Wildman–Crippen MR) is 107 cm³/mol. The van der Waals surface area contributed by atoms with Crippen LogP contribution in [0, 0.1) is 11.9 Å². The zero-order valence-corrected chi connectivity index (χ0v) is 18.2. The highest BCUT2D eigenvalue weighted by atomic mass is 32.2. The molecule has 0 radical (unpaired) electrons. The van der Waals surface area contributed by atoms with Crippen LogP contribution in [0.1, 0.15) is 38.8 Å². The first-order valence-electron chi connectivity index (χ1n) is 9.67. The largest absolute Gasteiger partial charge is 0.325 e. The molecule has 1 aliphatic heterocycles. The van der Waals surface area contributed by atoms with Gasteiger partial charge in [0.15, 0.2) is 5.03 Å². The molecule has 1 fully saturated rings. The highest BCUT2D eigenvalue weighted by Crippen LogP contribution is 2.38. The number of hydrogen-bond acceptors (Lipinski definition) is 5. The summed E-state index contributed by atoms with van der Waals surface area (Å²) in [5.74, 6) is -1.02. The van der Waals surface area contributed by atoms with Crippen molar-refractivity contribution < 1.29 is 26.4 Å². The minimum atomic E-state index is -3.97. The smallest absolute Gasteiger partial charge is 0.321 e. The minimum absolute atomic E-state index is 0.257. The van der Waals surface area contributed by atoms with Gasteiger partial charge < -0.3 is 10.2 Å². The minimum Gasteiger partial charge on any atom is -0.325 e. The molecule has 0 saturated carbocycles. The maximum Gasteiger partial charge on any atom is 0.321 e. The van der Waals surface area contributed by atoms with Gasteiger partial charge in [-0.15, -0.1) is 0 Å². The molecule has 170 valence electrons. The Labute approximate surface area is 178 Å². The summed E-state index contributed by atoms with van der Waals surface area (Å²) < 4.78 is 65.3. The van der Waals surface area contributed by atoms with Gasteiger partial charge in [0.2, 0.25) is 15.8 Å². The summed E-state index contributed by atoms with van der Waals surface area (Å²) in [6.45, 7) is 3.74. The zero-order chi connectivity index (χ0) is 23.0. The van der Waals surface area contributed by atoms with Crippen molar-refractivity contribution in [1.29, 1.82) is 0 Å². The second-order valence-electron chi connectivity index (χ2n) is 8.00. The van der Waals surface area contributed by atoms with Crippen LogP contribution in [0.3, 0.4) is 0 Å². The first kappa shape index (κ1) is 23.0. The van der Waals surface area contributed by atoms with E-state index in [0.717, 1.165) is 16.8 Å². The highest BCUT2D eigenvalue weighted by molar-refractivity contribution is 7.92. The van der Waals surface area contributed by atoms with E-state index >= 15 is 0 Å². The molecule has 1 N–H and O–H groups in total. The molecule has 2 aromatic heterocycles. The van der Waals surface area contributed by atoms with Gasteiger partial charge in [-0.25, -0.2) is 27.0 Å². The molecule has 1 saturated heterocycles. The molecule has 1 aliphatic rings.